The molecule has 1 aliphatic rings. The van der Waals surface area contributed by atoms with Crippen LogP contribution in [0.4, 0.5) is 5.69 Å². The van der Waals surface area contributed by atoms with Crippen LogP contribution < -0.4 is 15.5 Å². The number of amides is 1. The number of carbonyl (C=O) groups is 1. The third-order valence-corrected chi connectivity index (χ3v) is 4.10. The number of aromatic hydroxyl groups is 1. The van der Waals surface area contributed by atoms with Crippen LogP contribution in [0.25, 0.3) is 0 Å². The van der Waals surface area contributed by atoms with E-state index in [1.807, 2.05) is 32.0 Å². The van der Waals surface area contributed by atoms with E-state index in [-0.39, 0.29) is 35.9 Å². The van der Waals surface area contributed by atoms with Gasteiger partial charge in [-0.2, -0.15) is 0 Å². The molecule has 0 aromatic heterocycles. The van der Waals surface area contributed by atoms with Crippen molar-refractivity contribution >= 4 is 41.5 Å². The maximum Gasteiger partial charge on any atom is 0.221 e. The first kappa shape index (κ1) is 22.3. The van der Waals surface area contributed by atoms with Gasteiger partial charge in [-0.25, -0.2) is 0 Å². The Morgan fingerprint density at radius 1 is 1.23 bits per heavy atom. The van der Waals surface area contributed by atoms with Gasteiger partial charge in [0.15, 0.2) is 5.96 Å². The highest BCUT2D eigenvalue weighted by molar-refractivity contribution is 14.0. The van der Waals surface area contributed by atoms with E-state index in [1.54, 1.807) is 13.1 Å². The molecule has 0 bridgehead atoms. The number of guanidine groups is 1. The van der Waals surface area contributed by atoms with Crippen LogP contribution >= 0.6 is 24.0 Å². The van der Waals surface area contributed by atoms with Crippen LogP contribution in [0.3, 0.4) is 0 Å². The van der Waals surface area contributed by atoms with Crippen molar-refractivity contribution in [3.05, 3.63) is 24.3 Å². The zero-order chi connectivity index (χ0) is 18.2. The lowest BCUT2D eigenvalue weighted by Gasteiger charge is -2.37. The fourth-order valence-corrected chi connectivity index (χ4v) is 2.90. The summed E-state index contributed by atoms with van der Waals surface area (Å²) in [6.07, 6.45) is 0.426. The van der Waals surface area contributed by atoms with Gasteiger partial charge in [-0.15, -0.1) is 24.0 Å². The molecule has 0 saturated carbocycles. The molecule has 1 fully saturated rings. The predicted molar refractivity (Wildman–Crippen MR) is 117 cm³/mol. The Morgan fingerprint density at radius 3 is 2.46 bits per heavy atom. The lowest BCUT2D eigenvalue weighted by atomic mass is 10.2. The van der Waals surface area contributed by atoms with Crippen molar-refractivity contribution in [2.75, 3.05) is 44.7 Å². The van der Waals surface area contributed by atoms with Crippen molar-refractivity contribution in [2.45, 2.75) is 26.3 Å². The number of phenolic OH excluding ortho intramolecular Hbond substituents is 1. The SMILES string of the molecule is CN=C(NCCC(=O)NC(C)C)N1CCN(c2ccccc2O)CC1.I. The van der Waals surface area contributed by atoms with Gasteiger partial charge in [0.05, 0.1) is 5.69 Å². The quantitative estimate of drug-likeness (QED) is 0.343. The Kier molecular flexibility index (Phi) is 9.53. The first-order chi connectivity index (χ1) is 12.0. The summed E-state index contributed by atoms with van der Waals surface area (Å²) in [7, 11) is 1.76. The molecule has 1 aromatic rings. The van der Waals surface area contributed by atoms with Crippen LogP contribution in [0.5, 0.6) is 5.75 Å². The molecule has 0 unspecified atom stereocenters. The highest BCUT2D eigenvalue weighted by Gasteiger charge is 2.21. The van der Waals surface area contributed by atoms with Gasteiger partial charge in [0.2, 0.25) is 5.91 Å². The Morgan fingerprint density at radius 2 is 1.88 bits per heavy atom. The standard InChI is InChI=1S/C18H29N5O2.HI/c1-14(2)21-17(25)8-9-20-18(19-3)23-12-10-22(11-13-23)15-6-4-5-7-16(15)24;/h4-7,14,24H,8-13H2,1-3H3,(H,19,20)(H,21,25);1H. The molecule has 1 amide bonds. The number of rotatable bonds is 5. The number of hydrogen-bond acceptors (Lipinski definition) is 4. The second-order valence-corrected chi connectivity index (χ2v) is 6.41. The van der Waals surface area contributed by atoms with Crippen LogP contribution in [0.15, 0.2) is 29.3 Å². The van der Waals surface area contributed by atoms with Crippen molar-refractivity contribution < 1.29 is 9.90 Å². The molecule has 1 heterocycles. The molecule has 146 valence electrons. The minimum Gasteiger partial charge on any atom is -0.506 e. The summed E-state index contributed by atoms with van der Waals surface area (Å²) >= 11 is 0. The number of carbonyl (C=O) groups excluding carboxylic acids is 1. The van der Waals surface area contributed by atoms with E-state index in [4.69, 9.17) is 0 Å². The average Bonchev–Trinajstić information content (AvgIpc) is 2.59. The van der Waals surface area contributed by atoms with Gasteiger partial charge < -0.3 is 25.5 Å². The van der Waals surface area contributed by atoms with E-state index in [0.717, 1.165) is 37.8 Å². The van der Waals surface area contributed by atoms with Crippen LogP contribution in [0.2, 0.25) is 0 Å². The van der Waals surface area contributed by atoms with E-state index in [9.17, 15) is 9.90 Å². The number of halogens is 1. The molecule has 8 heteroatoms. The maximum atomic E-state index is 11.7. The van der Waals surface area contributed by atoms with Gasteiger partial charge >= 0.3 is 0 Å². The fourth-order valence-electron chi connectivity index (χ4n) is 2.90. The van der Waals surface area contributed by atoms with Crippen LogP contribution in [0.1, 0.15) is 20.3 Å². The van der Waals surface area contributed by atoms with Gasteiger partial charge in [0.25, 0.3) is 0 Å². The zero-order valence-corrected chi connectivity index (χ0v) is 18.1. The number of para-hydroxylation sites is 2. The van der Waals surface area contributed by atoms with E-state index in [2.05, 4.69) is 25.4 Å². The van der Waals surface area contributed by atoms with Crippen molar-refractivity contribution in [3.63, 3.8) is 0 Å². The van der Waals surface area contributed by atoms with Gasteiger partial charge in [-0.3, -0.25) is 9.79 Å². The molecular formula is C18H30IN5O2. The van der Waals surface area contributed by atoms with Crippen LogP contribution in [-0.2, 0) is 4.79 Å². The summed E-state index contributed by atoms with van der Waals surface area (Å²) in [6.45, 7) is 7.71. The number of nitrogens with one attached hydrogen (secondary N) is 2. The van der Waals surface area contributed by atoms with Gasteiger partial charge in [-0.1, -0.05) is 12.1 Å². The first-order valence-corrected chi connectivity index (χ1v) is 8.79. The molecular weight excluding hydrogens is 445 g/mol. The van der Waals surface area contributed by atoms with Crippen LogP contribution in [0, 0.1) is 0 Å². The largest absolute Gasteiger partial charge is 0.506 e. The second kappa shape index (κ2) is 11.1. The van der Waals surface area contributed by atoms with Crippen molar-refractivity contribution in [1.29, 1.82) is 0 Å². The molecule has 0 spiro atoms. The molecule has 1 aromatic carbocycles. The molecule has 2 rings (SSSR count). The normalized spacial score (nSPS) is 14.8. The monoisotopic (exact) mass is 475 g/mol. The molecule has 0 aliphatic carbocycles. The number of aliphatic imine (C=N–C) groups is 1. The maximum absolute atomic E-state index is 11.7. The summed E-state index contributed by atoms with van der Waals surface area (Å²) in [4.78, 5) is 20.4. The summed E-state index contributed by atoms with van der Waals surface area (Å²) < 4.78 is 0. The van der Waals surface area contributed by atoms with Gasteiger partial charge in [0, 0.05) is 52.2 Å². The minimum atomic E-state index is 0. The average molecular weight is 475 g/mol. The highest BCUT2D eigenvalue weighted by Crippen LogP contribution is 2.27. The number of benzene rings is 1. The van der Waals surface area contributed by atoms with E-state index in [1.165, 1.54) is 0 Å². The van der Waals surface area contributed by atoms with Gasteiger partial charge in [-0.05, 0) is 26.0 Å². The Bertz CT molecular complexity index is 601. The first-order valence-electron chi connectivity index (χ1n) is 8.79. The Labute approximate surface area is 172 Å². The highest BCUT2D eigenvalue weighted by atomic mass is 127. The summed E-state index contributed by atoms with van der Waals surface area (Å²) in [5, 5.41) is 16.1. The van der Waals surface area contributed by atoms with Gasteiger partial charge in [0.1, 0.15) is 5.75 Å². The third-order valence-electron chi connectivity index (χ3n) is 4.10. The van der Waals surface area contributed by atoms with Crippen molar-refractivity contribution in [3.8, 4) is 5.75 Å². The summed E-state index contributed by atoms with van der Waals surface area (Å²) in [6, 6.07) is 7.57. The number of piperazine rings is 1. The summed E-state index contributed by atoms with van der Waals surface area (Å²) in [5.41, 5.74) is 0.871. The lowest BCUT2D eigenvalue weighted by Crippen LogP contribution is -2.53. The fraction of sp³-hybridized carbons (Fsp3) is 0.556. The minimum absolute atomic E-state index is 0. The molecule has 1 aliphatic heterocycles. The number of hydrogen-bond donors (Lipinski definition) is 3. The number of nitrogens with zero attached hydrogens (tertiary/aromatic N) is 3. The molecule has 3 N–H and O–H groups in total. The van der Waals surface area contributed by atoms with E-state index in [0.29, 0.717) is 18.7 Å². The molecule has 1 saturated heterocycles. The molecule has 7 nitrogen and oxygen atoms in total. The number of anilines is 1. The molecule has 0 atom stereocenters. The lowest BCUT2D eigenvalue weighted by molar-refractivity contribution is -0.121. The van der Waals surface area contributed by atoms with Crippen molar-refractivity contribution in [2.24, 2.45) is 4.99 Å². The Hall–Kier alpha value is -1.71. The Balaban J connectivity index is 0.00000338. The predicted octanol–water partition coefficient (Wildman–Crippen LogP) is 1.62. The summed E-state index contributed by atoms with van der Waals surface area (Å²) in [5.74, 6) is 1.17. The number of phenols is 1. The zero-order valence-electron chi connectivity index (χ0n) is 15.7. The second-order valence-electron chi connectivity index (χ2n) is 6.41. The molecule has 0 radical (unpaired) electrons. The van der Waals surface area contributed by atoms with Crippen LogP contribution in [-0.4, -0.2) is 67.7 Å². The smallest absolute Gasteiger partial charge is 0.221 e. The van der Waals surface area contributed by atoms with Crippen molar-refractivity contribution in [1.82, 2.24) is 15.5 Å². The van der Waals surface area contributed by atoms with E-state index >= 15 is 0 Å². The van der Waals surface area contributed by atoms with E-state index < -0.39 is 0 Å². The third kappa shape index (κ3) is 6.54. The topological polar surface area (TPSA) is 80.2 Å². The molecule has 26 heavy (non-hydrogen) atoms.